The van der Waals surface area contributed by atoms with Gasteiger partial charge in [0.05, 0.1) is 19.3 Å². The Labute approximate surface area is 78.1 Å². The first-order valence-electron chi connectivity index (χ1n) is 4.33. The van der Waals surface area contributed by atoms with Gasteiger partial charge in [0.2, 0.25) is 0 Å². The first kappa shape index (κ1) is 10.2. The van der Waals surface area contributed by atoms with Gasteiger partial charge in [-0.3, -0.25) is 0 Å². The standard InChI is InChI=1S/C10H15NO2/c11-6-10(7-12)13-8-9-4-2-1-3-5-9/h1-5,10,12H,6-8,11H2. The molecule has 72 valence electrons. The van der Waals surface area contributed by atoms with Crippen LogP contribution in [0.15, 0.2) is 30.3 Å². The Morgan fingerprint density at radius 2 is 2.00 bits per heavy atom. The lowest BCUT2D eigenvalue weighted by molar-refractivity contribution is 0.00846. The molecule has 13 heavy (non-hydrogen) atoms. The minimum Gasteiger partial charge on any atom is -0.394 e. The van der Waals surface area contributed by atoms with Crippen molar-refractivity contribution in [1.29, 1.82) is 0 Å². The van der Waals surface area contributed by atoms with Crippen molar-refractivity contribution in [3.8, 4) is 0 Å². The molecule has 0 bridgehead atoms. The number of nitrogens with two attached hydrogens (primary N) is 1. The summed E-state index contributed by atoms with van der Waals surface area (Å²) in [5, 5.41) is 8.80. The summed E-state index contributed by atoms with van der Waals surface area (Å²) in [6.07, 6.45) is -0.250. The lowest BCUT2D eigenvalue weighted by Gasteiger charge is -2.12. The molecule has 0 aromatic heterocycles. The van der Waals surface area contributed by atoms with E-state index in [-0.39, 0.29) is 12.7 Å². The van der Waals surface area contributed by atoms with Crippen LogP contribution in [0.2, 0.25) is 0 Å². The number of hydrogen-bond acceptors (Lipinski definition) is 3. The molecule has 0 amide bonds. The molecule has 1 aromatic carbocycles. The van der Waals surface area contributed by atoms with E-state index >= 15 is 0 Å². The van der Waals surface area contributed by atoms with Crippen LogP contribution in [-0.2, 0) is 11.3 Å². The monoisotopic (exact) mass is 181 g/mol. The van der Waals surface area contributed by atoms with Crippen molar-refractivity contribution in [2.24, 2.45) is 5.73 Å². The normalized spacial score (nSPS) is 12.8. The lowest BCUT2D eigenvalue weighted by Crippen LogP contribution is -2.27. The van der Waals surface area contributed by atoms with Gasteiger partial charge in [-0.2, -0.15) is 0 Å². The SMILES string of the molecule is NCC(CO)OCc1ccccc1. The second kappa shape index (κ2) is 5.70. The first-order chi connectivity index (χ1) is 6.36. The summed E-state index contributed by atoms with van der Waals surface area (Å²) in [5.74, 6) is 0. The molecule has 1 unspecified atom stereocenters. The van der Waals surface area contributed by atoms with Gasteiger partial charge in [0, 0.05) is 6.54 Å². The smallest absolute Gasteiger partial charge is 0.0932 e. The molecule has 1 aromatic rings. The molecule has 0 heterocycles. The van der Waals surface area contributed by atoms with E-state index in [9.17, 15) is 0 Å². The van der Waals surface area contributed by atoms with Crippen LogP contribution in [0.25, 0.3) is 0 Å². The highest BCUT2D eigenvalue weighted by Gasteiger charge is 2.03. The van der Waals surface area contributed by atoms with E-state index in [1.165, 1.54) is 0 Å². The highest BCUT2D eigenvalue weighted by molar-refractivity contribution is 5.13. The van der Waals surface area contributed by atoms with Crippen molar-refractivity contribution in [2.75, 3.05) is 13.2 Å². The van der Waals surface area contributed by atoms with Crippen LogP contribution in [-0.4, -0.2) is 24.4 Å². The number of aliphatic hydroxyl groups is 1. The van der Waals surface area contributed by atoms with Crippen molar-refractivity contribution < 1.29 is 9.84 Å². The quantitative estimate of drug-likeness (QED) is 0.696. The Balaban J connectivity index is 2.34. The molecule has 0 saturated heterocycles. The highest BCUT2D eigenvalue weighted by Crippen LogP contribution is 2.02. The van der Waals surface area contributed by atoms with Crippen LogP contribution in [0.1, 0.15) is 5.56 Å². The average molecular weight is 181 g/mol. The van der Waals surface area contributed by atoms with Crippen molar-refractivity contribution in [3.63, 3.8) is 0 Å². The van der Waals surface area contributed by atoms with E-state index < -0.39 is 0 Å². The fourth-order valence-electron chi connectivity index (χ4n) is 0.984. The zero-order chi connectivity index (χ0) is 9.52. The van der Waals surface area contributed by atoms with Gasteiger partial charge in [-0.05, 0) is 5.56 Å². The molecule has 3 N–H and O–H groups in total. The summed E-state index contributed by atoms with van der Waals surface area (Å²) in [4.78, 5) is 0. The first-order valence-corrected chi connectivity index (χ1v) is 4.33. The average Bonchev–Trinajstić information content (AvgIpc) is 2.21. The van der Waals surface area contributed by atoms with Crippen LogP contribution >= 0.6 is 0 Å². The van der Waals surface area contributed by atoms with Gasteiger partial charge in [-0.1, -0.05) is 30.3 Å². The Kier molecular flexibility index (Phi) is 4.46. The molecule has 0 spiro atoms. The van der Waals surface area contributed by atoms with E-state index in [0.717, 1.165) is 5.56 Å². The van der Waals surface area contributed by atoms with Crippen LogP contribution in [0.4, 0.5) is 0 Å². The minimum absolute atomic E-state index is 0.0245. The molecule has 0 radical (unpaired) electrons. The summed E-state index contributed by atoms with van der Waals surface area (Å²) < 4.78 is 5.35. The van der Waals surface area contributed by atoms with Gasteiger partial charge in [0.1, 0.15) is 0 Å². The van der Waals surface area contributed by atoms with E-state index in [0.29, 0.717) is 13.2 Å². The molecular formula is C10H15NO2. The maximum absolute atomic E-state index is 8.80. The lowest BCUT2D eigenvalue weighted by atomic mass is 10.2. The van der Waals surface area contributed by atoms with Crippen molar-refractivity contribution in [1.82, 2.24) is 0 Å². The van der Waals surface area contributed by atoms with E-state index in [1.54, 1.807) is 0 Å². The third kappa shape index (κ3) is 3.55. The second-order valence-corrected chi connectivity index (χ2v) is 2.84. The van der Waals surface area contributed by atoms with Gasteiger partial charge in [0.15, 0.2) is 0 Å². The number of rotatable bonds is 5. The zero-order valence-electron chi connectivity index (χ0n) is 7.52. The van der Waals surface area contributed by atoms with Crippen molar-refractivity contribution in [2.45, 2.75) is 12.7 Å². The Bertz CT molecular complexity index is 222. The summed E-state index contributed by atoms with van der Waals surface area (Å²) >= 11 is 0. The van der Waals surface area contributed by atoms with E-state index in [2.05, 4.69) is 0 Å². The molecule has 0 aliphatic carbocycles. The number of hydrogen-bond donors (Lipinski definition) is 2. The predicted octanol–water partition coefficient (Wildman–Crippen LogP) is 0.523. The van der Waals surface area contributed by atoms with Crippen LogP contribution in [0.3, 0.4) is 0 Å². The Morgan fingerprint density at radius 3 is 2.54 bits per heavy atom. The summed E-state index contributed by atoms with van der Waals surface area (Å²) in [7, 11) is 0. The molecule has 0 fully saturated rings. The topological polar surface area (TPSA) is 55.5 Å². The van der Waals surface area contributed by atoms with Crippen LogP contribution in [0, 0.1) is 0 Å². The van der Waals surface area contributed by atoms with Gasteiger partial charge in [0.25, 0.3) is 0 Å². The maximum atomic E-state index is 8.80. The summed E-state index contributed by atoms with van der Waals surface area (Å²) in [5.41, 5.74) is 6.45. The largest absolute Gasteiger partial charge is 0.394 e. The van der Waals surface area contributed by atoms with Gasteiger partial charge in [-0.25, -0.2) is 0 Å². The maximum Gasteiger partial charge on any atom is 0.0932 e. The van der Waals surface area contributed by atoms with Gasteiger partial charge >= 0.3 is 0 Å². The van der Waals surface area contributed by atoms with E-state index in [1.807, 2.05) is 30.3 Å². The number of aliphatic hydroxyl groups excluding tert-OH is 1. The molecule has 0 saturated carbocycles. The molecule has 0 aliphatic rings. The third-order valence-electron chi connectivity index (χ3n) is 1.80. The fraction of sp³-hybridized carbons (Fsp3) is 0.400. The van der Waals surface area contributed by atoms with Gasteiger partial charge < -0.3 is 15.6 Å². The van der Waals surface area contributed by atoms with Crippen LogP contribution < -0.4 is 5.73 Å². The number of ether oxygens (including phenoxy) is 1. The van der Waals surface area contributed by atoms with E-state index in [4.69, 9.17) is 15.6 Å². The minimum atomic E-state index is -0.250. The van der Waals surface area contributed by atoms with Crippen molar-refractivity contribution >= 4 is 0 Å². The predicted molar refractivity (Wildman–Crippen MR) is 51.2 cm³/mol. The fourth-order valence-corrected chi connectivity index (χ4v) is 0.984. The molecule has 1 atom stereocenters. The molecular weight excluding hydrogens is 166 g/mol. The summed E-state index contributed by atoms with van der Waals surface area (Å²) in [6.45, 7) is 0.829. The molecule has 1 rings (SSSR count). The number of benzene rings is 1. The second-order valence-electron chi connectivity index (χ2n) is 2.84. The molecule has 3 nitrogen and oxygen atoms in total. The summed E-state index contributed by atoms with van der Waals surface area (Å²) in [6, 6.07) is 9.82. The zero-order valence-corrected chi connectivity index (χ0v) is 7.52. The Hall–Kier alpha value is -0.900. The third-order valence-corrected chi connectivity index (χ3v) is 1.80. The molecule has 0 aliphatic heterocycles. The van der Waals surface area contributed by atoms with Crippen molar-refractivity contribution in [3.05, 3.63) is 35.9 Å². The molecule has 3 heteroatoms. The Morgan fingerprint density at radius 1 is 1.31 bits per heavy atom. The van der Waals surface area contributed by atoms with Crippen LogP contribution in [0.5, 0.6) is 0 Å². The van der Waals surface area contributed by atoms with Gasteiger partial charge in [-0.15, -0.1) is 0 Å². The highest BCUT2D eigenvalue weighted by atomic mass is 16.5.